The van der Waals surface area contributed by atoms with Gasteiger partial charge in [0.2, 0.25) is 10.0 Å². The Hall–Kier alpha value is -3.91. The molecule has 18 heteroatoms. The molecule has 300 valence electrons. The van der Waals surface area contributed by atoms with Crippen LogP contribution in [0.25, 0.3) is 11.1 Å². The molecule has 55 heavy (non-hydrogen) atoms. The molecule has 5 rings (SSSR count). The molecule has 16 nitrogen and oxygen atoms in total. The van der Waals surface area contributed by atoms with E-state index in [9.17, 15) is 43.5 Å². The second kappa shape index (κ2) is 18.8. The van der Waals surface area contributed by atoms with Gasteiger partial charge < -0.3 is 50.7 Å². The number of ether oxygens (including phenoxy) is 2. The Kier molecular flexibility index (Phi) is 14.5. The third-order valence-corrected chi connectivity index (χ3v) is 11.3. The van der Waals surface area contributed by atoms with E-state index in [1.54, 1.807) is 12.3 Å². The molecule has 0 saturated heterocycles. The molecule has 1 heterocycles. The standard InChI is InChI=1S/C37H47ClN4O12S/c38-28-17-24(55(51,52)41-15-4-3-6-29(35(48)49)42-36(50)40-19-30(44)33(46)34(47)31(45)20-43)11-8-22(28)21-53-37(13-14-37)27-18-39-16-12-25(27)26-5-1-2-7-32(26)54-23-9-10-23/h1-2,5,7-8,11-12,16-18,23,29-31,33-34,41,43-47H,3-4,6,9-10,13-15,19-21H2,(H,48,49)(H2,40,42,50). The number of unbranched alkanes of at least 4 members (excludes halogenated alkanes) is 1. The van der Waals surface area contributed by atoms with Gasteiger partial charge in [0, 0.05) is 41.6 Å². The van der Waals surface area contributed by atoms with Gasteiger partial charge in [0.15, 0.2) is 0 Å². The van der Waals surface area contributed by atoms with Crippen LogP contribution < -0.4 is 20.1 Å². The molecule has 0 radical (unpaired) electrons. The minimum absolute atomic E-state index is 0.0275. The molecule has 5 atom stereocenters. The number of para-hydroxylation sites is 1. The number of carboxylic acid groups (broad SMARTS) is 1. The highest BCUT2D eigenvalue weighted by molar-refractivity contribution is 7.89. The Morgan fingerprint density at radius 1 is 0.982 bits per heavy atom. The summed E-state index contributed by atoms with van der Waals surface area (Å²) in [6, 6.07) is 11.9. The second-order valence-electron chi connectivity index (χ2n) is 13.7. The summed E-state index contributed by atoms with van der Waals surface area (Å²) < 4.78 is 41.2. The number of urea groups is 1. The fraction of sp³-hybridized carbons (Fsp3) is 0.486. The van der Waals surface area contributed by atoms with Crippen LogP contribution in [-0.4, -0.2) is 112 Å². The molecule has 2 fully saturated rings. The quantitative estimate of drug-likeness (QED) is 0.0658. The summed E-state index contributed by atoms with van der Waals surface area (Å²) in [6.07, 6.45) is 0.575. The number of benzene rings is 2. The van der Waals surface area contributed by atoms with E-state index in [1.165, 1.54) is 12.1 Å². The van der Waals surface area contributed by atoms with Crippen molar-refractivity contribution in [1.29, 1.82) is 0 Å². The van der Waals surface area contributed by atoms with Crippen LogP contribution in [0, 0.1) is 0 Å². The summed E-state index contributed by atoms with van der Waals surface area (Å²) in [7, 11) is -3.97. The van der Waals surface area contributed by atoms with E-state index >= 15 is 0 Å². The van der Waals surface area contributed by atoms with Crippen molar-refractivity contribution in [3.63, 3.8) is 0 Å². The highest BCUT2D eigenvalue weighted by Gasteiger charge is 2.48. The largest absolute Gasteiger partial charge is 0.490 e. The topological polar surface area (TPSA) is 257 Å². The van der Waals surface area contributed by atoms with Crippen molar-refractivity contribution in [2.75, 3.05) is 19.7 Å². The number of aliphatic carboxylic acids is 1. The van der Waals surface area contributed by atoms with E-state index in [4.69, 9.17) is 26.2 Å². The van der Waals surface area contributed by atoms with E-state index < -0.39 is 71.2 Å². The Morgan fingerprint density at radius 3 is 2.38 bits per heavy atom. The lowest BCUT2D eigenvalue weighted by Crippen LogP contribution is -2.52. The number of nitrogens with zero attached hydrogens (tertiary/aromatic N) is 1. The molecule has 2 aliphatic rings. The maximum absolute atomic E-state index is 13.0. The number of aromatic nitrogens is 1. The van der Waals surface area contributed by atoms with Gasteiger partial charge in [-0.15, -0.1) is 0 Å². The van der Waals surface area contributed by atoms with E-state index in [2.05, 4.69) is 20.3 Å². The zero-order valence-electron chi connectivity index (χ0n) is 29.9. The van der Waals surface area contributed by atoms with Gasteiger partial charge in [0.1, 0.15) is 30.1 Å². The lowest BCUT2D eigenvalue weighted by molar-refractivity contribution is -0.139. The molecular formula is C37H47ClN4O12S. The van der Waals surface area contributed by atoms with Gasteiger partial charge in [0.05, 0.1) is 35.9 Å². The monoisotopic (exact) mass is 806 g/mol. The number of carbonyl (C=O) groups is 2. The predicted octanol–water partition coefficient (Wildman–Crippen LogP) is 1.79. The normalized spacial score (nSPS) is 17.7. The number of pyridine rings is 1. The number of amides is 2. The molecule has 0 spiro atoms. The Balaban J connectivity index is 1.09. The van der Waals surface area contributed by atoms with Crippen LogP contribution in [0.3, 0.4) is 0 Å². The Morgan fingerprint density at radius 2 is 1.71 bits per heavy atom. The predicted molar refractivity (Wildman–Crippen MR) is 199 cm³/mol. The minimum Gasteiger partial charge on any atom is -0.490 e. The zero-order valence-corrected chi connectivity index (χ0v) is 31.5. The van der Waals surface area contributed by atoms with Crippen molar-refractivity contribution in [3.05, 3.63) is 77.1 Å². The summed E-state index contributed by atoms with van der Waals surface area (Å²) in [5.41, 5.74) is 2.92. The van der Waals surface area contributed by atoms with E-state index in [0.717, 1.165) is 48.1 Å². The van der Waals surface area contributed by atoms with Gasteiger partial charge in [0.25, 0.3) is 0 Å². The van der Waals surface area contributed by atoms with Crippen LogP contribution in [0.4, 0.5) is 4.79 Å². The summed E-state index contributed by atoms with van der Waals surface area (Å²) >= 11 is 6.56. The van der Waals surface area contributed by atoms with Crippen LogP contribution in [-0.2, 0) is 31.8 Å². The van der Waals surface area contributed by atoms with Gasteiger partial charge in [-0.1, -0.05) is 35.9 Å². The first-order chi connectivity index (χ1) is 26.2. The fourth-order valence-corrected chi connectivity index (χ4v) is 7.29. The zero-order chi connectivity index (χ0) is 39.8. The molecule has 1 aromatic heterocycles. The van der Waals surface area contributed by atoms with Crippen molar-refractivity contribution < 1.29 is 58.1 Å². The first kappa shape index (κ1) is 42.2. The smallest absolute Gasteiger partial charge is 0.326 e. The van der Waals surface area contributed by atoms with Crippen molar-refractivity contribution in [3.8, 4) is 16.9 Å². The van der Waals surface area contributed by atoms with Crippen LogP contribution in [0.1, 0.15) is 56.1 Å². The molecule has 2 aliphatic carbocycles. The van der Waals surface area contributed by atoms with E-state index in [-0.39, 0.29) is 48.4 Å². The summed E-state index contributed by atoms with van der Waals surface area (Å²) in [5.74, 6) is -0.535. The molecule has 2 aromatic carbocycles. The van der Waals surface area contributed by atoms with Gasteiger partial charge >= 0.3 is 12.0 Å². The van der Waals surface area contributed by atoms with Crippen molar-refractivity contribution in [2.24, 2.45) is 0 Å². The van der Waals surface area contributed by atoms with Gasteiger partial charge in [-0.25, -0.2) is 22.7 Å². The van der Waals surface area contributed by atoms with E-state index in [1.807, 2.05) is 36.5 Å². The number of sulfonamides is 1. The Labute approximate surface area is 323 Å². The van der Waals surface area contributed by atoms with Crippen LogP contribution in [0.2, 0.25) is 5.02 Å². The number of hydrogen-bond donors (Lipinski definition) is 9. The first-order valence-electron chi connectivity index (χ1n) is 18.0. The van der Waals surface area contributed by atoms with Crippen molar-refractivity contribution >= 4 is 33.6 Å². The number of hydrogen-bond acceptors (Lipinski definition) is 12. The third kappa shape index (κ3) is 11.3. The maximum atomic E-state index is 13.0. The minimum atomic E-state index is -3.97. The molecule has 0 bridgehead atoms. The lowest BCUT2D eigenvalue weighted by atomic mass is 9.96. The van der Waals surface area contributed by atoms with Gasteiger partial charge in [-0.05, 0) is 80.3 Å². The van der Waals surface area contributed by atoms with Crippen LogP contribution in [0.5, 0.6) is 5.75 Å². The van der Waals surface area contributed by atoms with Gasteiger partial charge in [-0.3, -0.25) is 4.98 Å². The average molecular weight is 807 g/mol. The van der Waals surface area contributed by atoms with Gasteiger partial charge in [-0.2, -0.15) is 0 Å². The summed E-state index contributed by atoms with van der Waals surface area (Å²) in [6.45, 7) is -1.37. The SMILES string of the molecule is O=C(NCC(O)C(O)C(O)C(O)CO)NC(CCCCNS(=O)(=O)c1ccc(COC2(c3cnccc3-c3ccccc3OC3CC3)CC2)c(Cl)c1)C(=O)O. The highest BCUT2D eigenvalue weighted by atomic mass is 35.5. The molecular weight excluding hydrogens is 760 g/mol. The van der Waals surface area contributed by atoms with Crippen molar-refractivity contribution in [2.45, 2.75) is 98.6 Å². The fourth-order valence-electron chi connectivity index (χ4n) is 5.89. The van der Waals surface area contributed by atoms with E-state index in [0.29, 0.717) is 5.56 Å². The molecule has 2 amide bonds. The number of aliphatic hydroxyl groups is 5. The van der Waals surface area contributed by atoms with Crippen LogP contribution >= 0.6 is 11.6 Å². The molecule has 0 aliphatic heterocycles. The van der Waals surface area contributed by atoms with Crippen molar-refractivity contribution in [1.82, 2.24) is 20.3 Å². The molecule has 5 unspecified atom stereocenters. The highest BCUT2D eigenvalue weighted by Crippen LogP contribution is 2.53. The Bertz CT molecular complexity index is 1900. The van der Waals surface area contributed by atoms with Crippen LogP contribution in [0.15, 0.2) is 65.8 Å². The molecule has 9 N–H and O–H groups in total. The summed E-state index contributed by atoms with van der Waals surface area (Å²) in [5, 5.41) is 61.8. The number of aliphatic hydroxyl groups excluding tert-OH is 5. The third-order valence-electron chi connectivity index (χ3n) is 9.46. The molecule has 3 aromatic rings. The molecule has 2 saturated carbocycles. The number of halogens is 1. The average Bonchev–Trinajstić information content (AvgIpc) is 4.12. The number of rotatable bonds is 22. The lowest BCUT2D eigenvalue weighted by Gasteiger charge is -2.26. The maximum Gasteiger partial charge on any atom is 0.326 e. The second-order valence-corrected chi connectivity index (χ2v) is 15.9. The number of nitrogens with one attached hydrogen (secondary N) is 3. The number of carbonyl (C=O) groups excluding carboxylic acids is 1. The summed E-state index contributed by atoms with van der Waals surface area (Å²) in [4.78, 5) is 28.2. The number of carboxylic acids is 1. The first-order valence-corrected chi connectivity index (χ1v) is 19.8.